The number of nitrogens with zero attached hydrogens (tertiary/aromatic N) is 1. The Labute approximate surface area is 256 Å². The molecule has 9 heteroatoms. The van der Waals surface area contributed by atoms with Crippen molar-refractivity contribution >= 4 is 13.8 Å². The molecule has 1 unspecified atom stereocenters. The lowest BCUT2D eigenvalue weighted by atomic mass is 10.0. The number of benzene rings is 1. The van der Waals surface area contributed by atoms with Gasteiger partial charge in [0, 0.05) is 6.42 Å². The molecule has 0 radical (unpaired) electrons. The van der Waals surface area contributed by atoms with Crippen molar-refractivity contribution in [2.45, 2.75) is 122 Å². The maximum absolute atomic E-state index is 12.5. The van der Waals surface area contributed by atoms with Crippen LogP contribution in [0, 0.1) is 0 Å². The summed E-state index contributed by atoms with van der Waals surface area (Å²) in [5.41, 5.74) is 0.984. The van der Waals surface area contributed by atoms with Gasteiger partial charge in [-0.2, -0.15) is 0 Å². The van der Waals surface area contributed by atoms with Crippen molar-refractivity contribution in [1.82, 2.24) is 0 Å². The van der Waals surface area contributed by atoms with Crippen molar-refractivity contribution in [3.8, 4) is 0 Å². The van der Waals surface area contributed by atoms with E-state index in [2.05, 4.69) is 6.92 Å². The Bertz CT molecular complexity index is 831. The van der Waals surface area contributed by atoms with Gasteiger partial charge in [0.2, 0.25) is 0 Å². The third-order valence-electron chi connectivity index (χ3n) is 7.14. The number of phosphoric acid groups is 1. The largest absolute Gasteiger partial charge is 0.472 e. The highest BCUT2D eigenvalue weighted by molar-refractivity contribution is 7.47. The molecule has 0 fully saturated rings. The van der Waals surface area contributed by atoms with Gasteiger partial charge in [0.05, 0.1) is 41.0 Å². The van der Waals surface area contributed by atoms with Crippen LogP contribution >= 0.6 is 7.82 Å². The quantitative estimate of drug-likeness (QED) is 0.0440. The maximum atomic E-state index is 12.5. The molecule has 1 N–H and O–H groups in total. The topological polar surface area (TPSA) is 91.3 Å². The van der Waals surface area contributed by atoms with Gasteiger partial charge in [-0.25, -0.2) is 4.57 Å². The molecular weight excluding hydrogens is 553 g/mol. The van der Waals surface area contributed by atoms with Gasteiger partial charge in [0.1, 0.15) is 19.3 Å². The van der Waals surface area contributed by atoms with Crippen LogP contribution in [-0.4, -0.2) is 69.0 Å². The summed E-state index contributed by atoms with van der Waals surface area (Å²) in [6.07, 6.45) is 18.5. The number of quaternary nitrogens is 1. The van der Waals surface area contributed by atoms with E-state index in [1.54, 1.807) is 0 Å². The van der Waals surface area contributed by atoms with Crippen LogP contribution in [-0.2, 0) is 34.5 Å². The molecule has 0 bridgehead atoms. The van der Waals surface area contributed by atoms with Crippen molar-refractivity contribution in [3.05, 3.63) is 35.9 Å². The zero-order chi connectivity index (χ0) is 30.9. The van der Waals surface area contributed by atoms with Gasteiger partial charge in [0.25, 0.3) is 0 Å². The lowest BCUT2D eigenvalue weighted by molar-refractivity contribution is -0.870. The average molecular weight is 615 g/mol. The summed E-state index contributed by atoms with van der Waals surface area (Å²) in [6, 6.07) is 9.66. The molecule has 0 aliphatic rings. The van der Waals surface area contributed by atoms with Crippen molar-refractivity contribution in [2.75, 3.05) is 47.5 Å². The number of hydrogen-bond donors (Lipinski definition) is 1. The Morgan fingerprint density at radius 1 is 0.786 bits per heavy atom. The first kappa shape index (κ1) is 38.7. The van der Waals surface area contributed by atoms with Crippen LogP contribution in [0.4, 0.5) is 0 Å². The molecule has 8 nitrogen and oxygen atoms in total. The van der Waals surface area contributed by atoms with Gasteiger partial charge >= 0.3 is 13.8 Å². The zero-order valence-electron chi connectivity index (χ0n) is 27.1. The van der Waals surface area contributed by atoms with E-state index in [-0.39, 0.29) is 25.8 Å². The number of carbonyl (C=O) groups is 1. The van der Waals surface area contributed by atoms with Crippen LogP contribution < -0.4 is 0 Å². The molecule has 0 saturated carbocycles. The van der Waals surface area contributed by atoms with E-state index >= 15 is 0 Å². The summed E-state index contributed by atoms with van der Waals surface area (Å²) in [5, 5.41) is 0. The normalized spacial score (nSPS) is 14.0. The Kier molecular flexibility index (Phi) is 22.2. The number of carbonyl (C=O) groups excluding carboxylic acids is 1. The SMILES string of the molecule is CCCCCCCCCCCCCCCCCC(=O)O[C@@H](COCc1ccccc1)COP(=O)(O)OCC[N+](C)(C)C. The summed E-state index contributed by atoms with van der Waals surface area (Å²) in [6.45, 7) is 3.00. The van der Waals surface area contributed by atoms with Crippen molar-refractivity contribution in [2.24, 2.45) is 0 Å². The fourth-order valence-corrected chi connectivity index (χ4v) is 5.27. The van der Waals surface area contributed by atoms with E-state index in [0.29, 0.717) is 24.1 Å². The molecule has 0 aliphatic carbocycles. The zero-order valence-corrected chi connectivity index (χ0v) is 28.0. The fraction of sp³-hybridized carbons (Fsp3) is 0.788. The minimum Gasteiger partial charge on any atom is -0.457 e. The standard InChI is InChI=1S/C33H60NO7P/c1-5-6-7-8-9-10-11-12-13-14-15-16-17-18-22-25-33(35)41-32(29-38-28-31-23-20-19-21-24-31)30-40-42(36,37)39-27-26-34(2,3)4/h19-21,23-24,32H,5-18,22,25-30H2,1-4H3/p+1/t32-/m0/s1. The minimum absolute atomic E-state index is 0.0539. The lowest BCUT2D eigenvalue weighted by Gasteiger charge is -2.24. The molecule has 0 spiro atoms. The number of likely N-dealkylation sites (N-methyl/N-ethyl adjacent to an activating group) is 1. The van der Waals surface area contributed by atoms with Gasteiger partial charge in [-0.1, -0.05) is 127 Å². The molecule has 1 rings (SSSR count). The van der Waals surface area contributed by atoms with Crippen LogP contribution in [0.2, 0.25) is 0 Å². The molecule has 0 aromatic heterocycles. The van der Waals surface area contributed by atoms with Crippen molar-refractivity contribution in [1.29, 1.82) is 0 Å². The van der Waals surface area contributed by atoms with Crippen LogP contribution in [0.25, 0.3) is 0 Å². The lowest BCUT2D eigenvalue weighted by Crippen LogP contribution is -2.37. The Hall–Kier alpha value is -1.28. The maximum Gasteiger partial charge on any atom is 0.472 e. The third kappa shape index (κ3) is 24.2. The second-order valence-corrected chi connectivity index (χ2v) is 13.9. The van der Waals surface area contributed by atoms with Gasteiger partial charge in [-0.3, -0.25) is 13.8 Å². The molecule has 42 heavy (non-hydrogen) atoms. The molecule has 244 valence electrons. The second-order valence-electron chi connectivity index (χ2n) is 12.4. The Morgan fingerprint density at radius 3 is 1.83 bits per heavy atom. The second kappa shape index (κ2) is 24.1. The van der Waals surface area contributed by atoms with Crippen LogP contribution in [0.3, 0.4) is 0 Å². The predicted octanol–water partition coefficient (Wildman–Crippen LogP) is 8.22. The highest BCUT2D eigenvalue weighted by Gasteiger charge is 2.26. The van der Waals surface area contributed by atoms with E-state index in [0.717, 1.165) is 24.8 Å². The van der Waals surface area contributed by atoms with Gasteiger partial charge in [-0.05, 0) is 12.0 Å². The van der Waals surface area contributed by atoms with E-state index in [4.69, 9.17) is 18.5 Å². The summed E-state index contributed by atoms with van der Waals surface area (Å²) in [7, 11) is 1.61. The Balaban J connectivity index is 2.26. The molecule has 0 saturated heterocycles. The van der Waals surface area contributed by atoms with E-state index in [9.17, 15) is 14.3 Å². The number of hydrogen-bond acceptors (Lipinski definition) is 6. The number of unbranched alkanes of at least 4 members (excludes halogenated alkanes) is 14. The molecule has 0 aliphatic heterocycles. The van der Waals surface area contributed by atoms with Gasteiger partial charge in [-0.15, -0.1) is 0 Å². The fourth-order valence-electron chi connectivity index (χ4n) is 4.53. The molecule has 1 aromatic carbocycles. The predicted molar refractivity (Wildman–Crippen MR) is 170 cm³/mol. The van der Waals surface area contributed by atoms with Crippen LogP contribution in [0.1, 0.15) is 115 Å². The van der Waals surface area contributed by atoms with Crippen LogP contribution in [0.5, 0.6) is 0 Å². The summed E-state index contributed by atoms with van der Waals surface area (Å²) >= 11 is 0. The monoisotopic (exact) mass is 614 g/mol. The van der Waals surface area contributed by atoms with E-state index in [1.165, 1.54) is 77.0 Å². The minimum atomic E-state index is -4.28. The first-order valence-electron chi connectivity index (χ1n) is 16.3. The van der Waals surface area contributed by atoms with E-state index in [1.807, 2.05) is 51.5 Å². The van der Waals surface area contributed by atoms with Gasteiger partial charge < -0.3 is 18.9 Å². The third-order valence-corrected chi connectivity index (χ3v) is 8.12. The molecule has 2 atom stereocenters. The van der Waals surface area contributed by atoms with Crippen LogP contribution in [0.15, 0.2) is 30.3 Å². The molecular formula is C33H61NO7P+. The number of ether oxygens (including phenoxy) is 2. The van der Waals surface area contributed by atoms with Gasteiger partial charge in [0.15, 0.2) is 0 Å². The van der Waals surface area contributed by atoms with Crippen molar-refractivity contribution < 1.29 is 37.3 Å². The smallest absolute Gasteiger partial charge is 0.457 e. The highest BCUT2D eigenvalue weighted by Crippen LogP contribution is 2.43. The molecule has 1 aromatic rings. The molecule has 0 heterocycles. The number of esters is 1. The number of phosphoric ester groups is 1. The highest BCUT2D eigenvalue weighted by atomic mass is 31.2. The Morgan fingerprint density at radius 2 is 1.31 bits per heavy atom. The summed E-state index contributed by atoms with van der Waals surface area (Å²) < 4.78 is 34.5. The molecule has 0 amide bonds. The summed E-state index contributed by atoms with van der Waals surface area (Å²) in [5.74, 6) is -0.347. The van der Waals surface area contributed by atoms with Crippen molar-refractivity contribution in [3.63, 3.8) is 0 Å². The number of rotatable bonds is 28. The first-order chi connectivity index (χ1) is 20.1. The first-order valence-corrected chi connectivity index (χ1v) is 17.8. The van der Waals surface area contributed by atoms with E-state index < -0.39 is 13.9 Å². The summed E-state index contributed by atoms with van der Waals surface area (Å²) in [4.78, 5) is 22.6. The average Bonchev–Trinajstić information content (AvgIpc) is 2.93.